The van der Waals surface area contributed by atoms with E-state index >= 15 is 0 Å². The first-order valence-corrected chi connectivity index (χ1v) is 19.0. The van der Waals surface area contributed by atoms with Gasteiger partial charge in [-0.1, -0.05) is 129 Å². The van der Waals surface area contributed by atoms with Crippen molar-refractivity contribution in [3.8, 4) is 0 Å². The summed E-state index contributed by atoms with van der Waals surface area (Å²) in [5, 5.41) is 36.9. The van der Waals surface area contributed by atoms with E-state index in [1.54, 1.807) is 0 Å². The molecular formula is C35H70N2O8P+. The highest BCUT2D eigenvalue weighted by Crippen LogP contribution is 2.26. The van der Waals surface area contributed by atoms with Gasteiger partial charge in [0, 0.05) is 7.11 Å². The Hall–Kier alpha value is -0.870. The average molecular weight is 678 g/mol. The predicted octanol–water partition coefficient (Wildman–Crippen LogP) is 5.57. The van der Waals surface area contributed by atoms with Crippen LogP contribution in [0.25, 0.3) is 0 Å². The number of carbonyl (C=O) groups is 2. The first-order chi connectivity index (χ1) is 22.3. The monoisotopic (exact) mass is 677 g/mol. The summed E-state index contributed by atoms with van der Waals surface area (Å²) in [6.45, 7) is 4.07. The quantitative estimate of drug-likeness (QED) is 0.0510. The SMILES string of the molecule is CCCCCCCCCCC[C@@H](O)CC(=O)N[C@@H]1[C@@H](NC(=O)C[C@H](O)CCCCCCCCCCC)[C@H](OC)O[C@H](CO)[C@H]1O[PH3+]. The molecule has 0 aromatic heterocycles. The van der Waals surface area contributed by atoms with E-state index in [2.05, 4.69) is 24.5 Å². The van der Waals surface area contributed by atoms with E-state index < -0.39 is 42.8 Å². The lowest BCUT2D eigenvalue weighted by molar-refractivity contribution is -0.235. The molecule has 1 rings (SSSR count). The first-order valence-electron chi connectivity index (χ1n) is 18.5. The molecule has 1 saturated heterocycles. The van der Waals surface area contributed by atoms with E-state index in [1.807, 2.05) is 0 Å². The van der Waals surface area contributed by atoms with Crippen LogP contribution in [0.5, 0.6) is 0 Å². The lowest BCUT2D eigenvalue weighted by Gasteiger charge is -2.44. The van der Waals surface area contributed by atoms with Gasteiger partial charge in [0.1, 0.15) is 21.6 Å². The molecule has 1 unspecified atom stereocenters. The van der Waals surface area contributed by atoms with Crippen LogP contribution in [-0.2, 0) is 23.6 Å². The molecule has 1 aliphatic rings. The molecule has 1 heterocycles. The second kappa shape index (κ2) is 28.0. The van der Waals surface area contributed by atoms with Crippen LogP contribution in [0.2, 0.25) is 0 Å². The summed E-state index contributed by atoms with van der Waals surface area (Å²) in [5.74, 6) is -0.764. The highest BCUT2D eigenvalue weighted by Gasteiger charge is 2.49. The van der Waals surface area contributed by atoms with Crippen LogP contribution in [0.4, 0.5) is 0 Å². The standard InChI is InChI=1S/C35H69N2O8P/c1-4-6-8-10-12-14-16-18-20-22-27(39)24-30(41)36-32-33(35(43-3)44-29(26-38)34(32)45-46)37-31(42)25-28(40)23-21-19-17-15-13-11-9-7-5-2/h27-29,32-35,38-40H,4-26H2,1-3,46H3,(H-,36,37,41,42)/p+1/t27-,28-,29-,32-,33-,34-,35-/m1/s1. The number of ether oxygens (including phenoxy) is 2. The molecule has 272 valence electrons. The highest BCUT2D eigenvalue weighted by molar-refractivity contribution is 7.09. The number of carbonyl (C=O) groups excluding carboxylic acids is 2. The van der Waals surface area contributed by atoms with E-state index in [1.165, 1.54) is 93.6 Å². The molecule has 0 bridgehead atoms. The van der Waals surface area contributed by atoms with Crippen molar-refractivity contribution in [2.75, 3.05) is 13.7 Å². The van der Waals surface area contributed by atoms with E-state index in [-0.39, 0.29) is 31.3 Å². The van der Waals surface area contributed by atoms with Gasteiger partial charge < -0.3 is 35.4 Å². The number of rotatable bonds is 29. The molecular weight excluding hydrogens is 607 g/mol. The van der Waals surface area contributed by atoms with Crippen molar-refractivity contribution in [2.45, 2.75) is 198 Å². The molecule has 0 aromatic carbocycles. The molecule has 8 atom stereocenters. The fourth-order valence-electron chi connectivity index (χ4n) is 6.33. The smallest absolute Gasteiger partial charge is 0.223 e. The van der Waals surface area contributed by atoms with Gasteiger partial charge in [0.25, 0.3) is 0 Å². The number of methoxy groups -OCH3 is 1. The molecule has 0 aromatic rings. The van der Waals surface area contributed by atoms with Crippen molar-refractivity contribution in [3.63, 3.8) is 0 Å². The van der Waals surface area contributed by atoms with Crippen molar-refractivity contribution >= 4 is 21.3 Å². The summed E-state index contributed by atoms with van der Waals surface area (Å²) < 4.78 is 17.0. The summed E-state index contributed by atoms with van der Waals surface area (Å²) >= 11 is 0. The maximum absolute atomic E-state index is 13.1. The first kappa shape index (κ1) is 43.2. The Labute approximate surface area is 282 Å². The zero-order valence-electron chi connectivity index (χ0n) is 29.4. The molecule has 1 aliphatic heterocycles. The minimum atomic E-state index is -0.956. The number of hydrogen-bond donors (Lipinski definition) is 5. The third kappa shape index (κ3) is 19.2. The van der Waals surface area contributed by atoms with Crippen LogP contribution < -0.4 is 10.6 Å². The fraction of sp³-hybridized carbons (Fsp3) is 0.943. The number of nitrogens with one attached hydrogen (secondary N) is 2. The molecule has 11 heteroatoms. The molecule has 1 fully saturated rings. The lowest BCUT2D eigenvalue weighted by Crippen LogP contribution is -2.69. The zero-order chi connectivity index (χ0) is 34.0. The second-order valence-electron chi connectivity index (χ2n) is 13.2. The van der Waals surface area contributed by atoms with Crippen molar-refractivity contribution in [1.82, 2.24) is 10.6 Å². The van der Waals surface area contributed by atoms with Crippen molar-refractivity contribution in [2.24, 2.45) is 0 Å². The number of aliphatic hydroxyl groups is 3. The Morgan fingerprint density at radius 2 is 1.09 bits per heavy atom. The lowest BCUT2D eigenvalue weighted by atomic mass is 9.93. The van der Waals surface area contributed by atoms with Gasteiger partial charge in [0.05, 0.1) is 37.7 Å². The van der Waals surface area contributed by atoms with Gasteiger partial charge in [-0.2, -0.15) is 0 Å². The summed E-state index contributed by atoms with van der Waals surface area (Å²) in [6, 6.07) is -1.60. The van der Waals surface area contributed by atoms with Crippen LogP contribution in [0, 0.1) is 0 Å². The molecule has 0 radical (unpaired) electrons. The predicted molar refractivity (Wildman–Crippen MR) is 188 cm³/mol. The maximum atomic E-state index is 13.1. The fourth-order valence-corrected chi connectivity index (χ4v) is 6.75. The summed E-state index contributed by atoms with van der Waals surface area (Å²) in [4.78, 5) is 26.1. The zero-order valence-corrected chi connectivity index (χ0v) is 30.8. The van der Waals surface area contributed by atoms with Crippen LogP contribution in [-0.4, -0.2) is 83.6 Å². The Morgan fingerprint density at radius 1 is 0.696 bits per heavy atom. The minimum Gasteiger partial charge on any atom is -0.394 e. The van der Waals surface area contributed by atoms with Crippen LogP contribution in [0.3, 0.4) is 0 Å². The Morgan fingerprint density at radius 3 is 1.46 bits per heavy atom. The summed E-state index contributed by atoms with van der Waals surface area (Å²) in [7, 11) is 2.66. The Balaban J connectivity index is 2.58. The van der Waals surface area contributed by atoms with Crippen LogP contribution >= 0.6 is 9.47 Å². The van der Waals surface area contributed by atoms with Crippen molar-refractivity contribution < 1.29 is 38.9 Å². The third-order valence-electron chi connectivity index (χ3n) is 9.09. The number of aliphatic hydroxyl groups excluding tert-OH is 3. The van der Waals surface area contributed by atoms with Crippen LogP contribution in [0.15, 0.2) is 0 Å². The molecule has 0 aliphatic carbocycles. The van der Waals surface area contributed by atoms with E-state index in [0.29, 0.717) is 12.8 Å². The third-order valence-corrected chi connectivity index (χ3v) is 9.48. The van der Waals surface area contributed by atoms with Gasteiger partial charge >= 0.3 is 0 Å². The van der Waals surface area contributed by atoms with Gasteiger partial charge in [-0.05, 0) is 12.8 Å². The molecule has 0 saturated carbocycles. The highest BCUT2D eigenvalue weighted by atomic mass is 31.0. The van der Waals surface area contributed by atoms with Gasteiger partial charge in [-0.3, -0.25) is 9.59 Å². The molecule has 0 spiro atoms. The van der Waals surface area contributed by atoms with Gasteiger partial charge in [0.2, 0.25) is 11.8 Å². The molecule has 10 nitrogen and oxygen atoms in total. The molecule has 5 N–H and O–H groups in total. The van der Waals surface area contributed by atoms with Gasteiger partial charge in [-0.15, -0.1) is 0 Å². The van der Waals surface area contributed by atoms with Crippen LogP contribution in [0.1, 0.15) is 155 Å². The second-order valence-corrected chi connectivity index (χ2v) is 13.6. The minimum absolute atomic E-state index is 0.0767. The van der Waals surface area contributed by atoms with Gasteiger partial charge in [-0.25, -0.2) is 4.52 Å². The Bertz CT molecular complexity index is 764. The number of unbranched alkanes of at least 4 members (excludes halogenated alkanes) is 16. The molecule has 2 amide bonds. The van der Waals surface area contributed by atoms with E-state index in [0.717, 1.165) is 38.5 Å². The van der Waals surface area contributed by atoms with E-state index in [4.69, 9.17) is 14.0 Å². The van der Waals surface area contributed by atoms with Crippen molar-refractivity contribution in [1.29, 1.82) is 0 Å². The topological polar surface area (TPSA) is 147 Å². The Kier molecular flexibility index (Phi) is 26.3. The maximum Gasteiger partial charge on any atom is 0.223 e. The normalized spacial score (nSPS) is 22.9. The van der Waals surface area contributed by atoms with Crippen molar-refractivity contribution in [3.05, 3.63) is 0 Å². The van der Waals surface area contributed by atoms with Gasteiger partial charge in [0.15, 0.2) is 12.4 Å². The number of amides is 2. The summed E-state index contributed by atoms with van der Waals surface area (Å²) in [5.41, 5.74) is 0. The number of hydrogen-bond acceptors (Lipinski definition) is 8. The molecule has 46 heavy (non-hydrogen) atoms. The largest absolute Gasteiger partial charge is 0.394 e. The summed E-state index contributed by atoms with van der Waals surface area (Å²) in [6.07, 6.45) is 18.2. The van der Waals surface area contributed by atoms with E-state index in [9.17, 15) is 24.9 Å². The average Bonchev–Trinajstić information content (AvgIpc) is 3.03.